The number of hydrogen-bond acceptors (Lipinski definition) is 4. The van der Waals surface area contributed by atoms with Crippen molar-refractivity contribution >= 4 is 33.3 Å². The van der Waals surface area contributed by atoms with Crippen LogP contribution in [0.2, 0.25) is 5.02 Å². The van der Waals surface area contributed by atoms with Crippen LogP contribution in [0.1, 0.15) is 24.6 Å². The number of ether oxygens (including phenoxy) is 1. The van der Waals surface area contributed by atoms with E-state index >= 15 is 0 Å². The molecule has 1 aromatic carbocycles. The van der Waals surface area contributed by atoms with Crippen LogP contribution in [0.25, 0.3) is 0 Å². The van der Waals surface area contributed by atoms with Crippen LogP contribution in [-0.4, -0.2) is 9.97 Å². The zero-order valence-electron chi connectivity index (χ0n) is 9.94. The quantitative estimate of drug-likeness (QED) is 0.912. The maximum atomic E-state index is 6.10. The third-order valence-electron chi connectivity index (χ3n) is 2.79. The molecule has 1 aromatic heterocycles. The molecule has 2 aromatic rings. The van der Waals surface area contributed by atoms with Crippen LogP contribution in [0.3, 0.4) is 0 Å². The lowest BCUT2D eigenvalue weighted by Gasteiger charge is -2.08. The van der Waals surface area contributed by atoms with Crippen molar-refractivity contribution in [2.75, 3.05) is 5.73 Å². The molecule has 6 heteroatoms. The van der Waals surface area contributed by atoms with Gasteiger partial charge >= 0.3 is 0 Å². The summed E-state index contributed by atoms with van der Waals surface area (Å²) in [6.45, 7) is 0. The van der Waals surface area contributed by atoms with E-state index < -0.39 is 0 Å². The van der Waals surface area contributed by atoms with Crippen molar-refractivity contribution in [3.05, 3.63) is 39.6 Å². The Morgan fingerprint density at radius 3 is 2.74 bits per heavy atom. The maximum Gasteiger partial charge on any atom is 0.224 e. The monoisotopic (exact) mass is 339 g/mol. The number of anilines is 1. The van der Waals surface area contributed by atoms with Crippen molar-refractivity contribution in [2.45, 2.75) is 18.8 Å². The topological polar surface area (TPSA) is 61.0 Å². The molecular formula is C13H11BrClN3O. The highest BCUT2D eigenvalue weighted by Gasteiger charge is 2.27. The molecule has 0 radical (unpaired) electrons. The third-order valence-corrected chi connectivity index (χ3v) is 3.58. The summed E-state index contributed by atoms with van der Waals surface area (Å²) in [7, 11) is 0. The first kappa shape index (κ1) is 12.7. The zero-order valence-corrected chi connectivity index (χ0v) is 12.3. The number of hydrogen-bond donors (Lipinski definition) is 1. The number of aromatic nitrogens is 2. The molecule has 1 fully saturated rings. The molecule has 2 N–H and O–H groups in total. The fourth-order valence-electron chi connectivity index (χ4n) is 1.71. The number of benzene rings is 1. The summed E-state index contributed by atoms with van der Waals surface area (Å²) in [6, 6.07) is 7.00. The lowest BCUT2D eigenvalue weighted by molar-refractivity contribution is 0.459. The zero-order chi connectivity index (χ0) is 13.4. The summed E-state index contributed by atoms with van der Waals surface area (Å²) in [5.41, 5.74) is 5.77. The van der Waals surface area contributed by atoms with Crippen LogP contribution in [-0.2, 0) is 0 Å². The molecule has 0 unspecified atom stereocenters. The first-order valence-electron chi connectivity index (χ1n) is 5.89. The molecule has 4 nitrogen and oxygen atoms in total. The molecule has 3 rings (SSSR count). The van der Waals surface area contributed by atoms with E-state index in [0.717, 1.165) is 23.1 Å². The van der Waals surface area contributed by atoms with Crippen molar-refractivity contribution < 1.29 is 4.74 Å². The Labute approximate surface area is 124 Å². The van der Waals surface area contributed by atoms with Crippen LogP contribution in [0.5, 0.6) is 11.6 Å². The summed E-state index contributed by atoms with van der Waals surface area (Å²) >= 11 is 9.45. The maximum absolute atomic E-state index is 6.10. The van der Waals surface area contributed by atoms with Gasteiger partial charge in [-0.05, 0) is 31.0 Å². The SMILES string of the molecule is Nc1cc(Oc2ccc(Br)cc2Cl)nc(C2CC2)n1. The molecule has 0 saturated heterocycles. The van der Waals surface area contributed by atoms with E-state index in [4.69, 9.17) is 22.1 Å². The highest BCUT2D eigenvalue weighted by Crippen LogP contribution is 2.39. The van der Waals surface area contributed by atoms with Gasteiger partial charge in [-0.3, -0.25) is 0 Å². The molecule has 0 amide bonds. The van der Waals surface area contributed by atoms with E-state index in [2.05, 4.69) is 25.9 Å². The van der Waals surface area contributed by atoms with Gasteiger partial charge < -0.3 is 10.5 Å². The lowest BCUT2D eigenvalue weighted by Crippen LogP contribution is -2.00. The van der Waals surface area contributed by atoms with Gasteiger partial charge in [0.15, 0.2) is 0 Å². The van der Waals surface area contributed by atoms with Crippen molar-refractivity contribution in [3.8, 4) is 11.6 Å². The molecule has 1 heterocycles. The Kier molecular flexibility index (Phi) is 3.33. The average Bonchev–Trinajstić information content (AvgIpc) is 3.16. The van der Waals surface area contributed by atoms with Gasteiger partial charge in [0.25, 0.3) is 0 Å². The molecule has 98 valence electrons. The number of halogens is 2. The summed E-state index contributed by atoms with van der Waals surface area (Å²) < 4.78 is 6.57. The molecule has 19 heavy (non-hydrogen) atoms. The van der Waals surface area contributed by atoms with Crippen LogP contribution in [0, 0.1) is 0 Å². The Balaban J connectivity index is 1.89. The predicted molar refractivity (Wildman–Crippen MR) is 77.6 cm³/mol. The molecule has 0 spiro atoms. The van der Waals surface area contributed by atoms with Gasteiger partial charge in [0.05, 0.1) is 5.02 Å². The minimum Gasteiger partial charge on any atom is -0.437 e. The van der Waals surface area contributed by atoms with Gasteiger partial charge in [0.1, 0.15) is 17.4 Å². The molecule has 1 aliphatic rings. The fraction of sp³-hybridized carbons (Fsp3) is 0.231. The standard InChI is InChI=1S/C13H11BrClN3O/c14-8-3-4-10(9(15)5-8)19-12-6-11(16)17-13(18-12)7-1-2-7/h3-7H,1-2H2,(H2,16,17,18). The normalized spacial score (nSPS) is 14.4. The van der Waals surface area contributed by atoms with Crippen LogP contribution in [0.15, 0.2) is 28.7 Å². The number of rotatable bonds is 3. The smallest absolute Gasteiger partial charge is 0.224 e. The average molecular weight is 341 g/mol. The van der Waals surface area contributed by atoms with Gasteiger partial charge in [-0.2, -0.15) is 4.98 Å². The van der Waals surface area contributed by atoms with Gasteiger partial charge in [0, 0.05) is 16.5 Å². The molecule has 1 saturated carbocycles. The molecular weight excluding hydrogens is 330 g/mol. The summed E-state index contributed by atoms with van der Waals surface area (Å²) in [6.07, 6.45) is 2.23. The van der Waals surface area contributed by atoms with Crippen molar-refractivity contribution in [2.24, 2.45) is 0 Å². The van der Waals surface area contributed by atoms with E-state index in [1.807, 2.05) is 6.07 Å². The van der Waals surface area contributed by atoms with Crippen molar-refractivity contribution in [1.29, 1.82) is 0 Å². The van der Waals surface area contributed by atoms with Gasteiger partial charge in [-0.25, -0.2) is 4.98 Å². The van der Waals surface area contributed by atoms with Crippen LogP contribution < -0.4 is 10.5 Å². The minimum absolute atomic E-state index is 0.417. The number of nitrogens with two attached hydrogens (primary N) is 1. The Morgan fingerprint density at radius 1 is 1.26 bits per heavy atom. The third kappa shape index (κ3) is 2.98. The molecule has 0 atom stereocenters. The van der Waals surface area contributed by atoms with Gasteiger partial charge in [0.2, 0.25) is 5.88 Å². The Morgan fingerprint density at radius 2 is 2.05 bits per heavy atom. The molecule has 1 aliphatic carbocycles. The van der Waals surface area contributed by atoms with Crippen LogP contribution in [0.4, 0.5) is 5.82 Å². The highest BCUT2D eigenvalue weighted by atomic mass is 79.9. The van der Waals surface area contributed by atoms with E-state index in [1.165, 1.54) is 0 Å². The van der Waals surface area contributed by atoms with E-state index in [0.29, 0.717) is 28.4 Å². The second kappa shape index (κ2) is 4.98. The number of nitrogen functional groups attached to an aromatic ring is 1. The summed E-state index contributed by atoms with van der Waals surface area (Å²) in [5, 5.41) is 0.513. The Hall–Kier alpha value is -1.33. The van der Waals surface area contributed by atoms with Crippen molar-refractivity contribution in [3.63, 3.8) is 0 Å². The second-order valence-electron chi connectivity index (χ2n) is 4.44. The highest BCUT2D eigenvalue weighted by molar-refractivity contribution is 9.10. The lowest BCUT2D eigenvalue weighted by atomic mass is 10.3. The molecule has 0 aliphatic heterocycles. The van der Waals surface area contributed by atoms with E-state index in [9.17, 15) is 0 Å². The first-order chi connectivity index (χ1) is 9.11. The summed E-state index contributed by atoms with van der Waals surface area (Å²) in [4.78, 5) is 8.59. The van der Waals surface area contributed by atoms with Gasteiger partial charge in [-0.1, -0.05) is 27.5 Å². The first-order valence-corrected chi connectivity index (χ1v) is 7.06. The predicted octanol–water partition coefficient (Wildman–Crippen LogP) is 4.14. The van der Waals surface area contributed by atoms with Crippen LogP contribution >= 0.6 is 27.5 Å². The minimum atomic E-state index is 0.417. The van der Waals surface area contributed by atoms with E-state index in [1.54, 1.807) is 18.2 Å². The second-order valence-corrected chi connectivity index (χ2v) is 5.76. The largest absolute Gasteiger partial charge is 0.437 e. The molecule has 0 bridgehead atoms. The fourth-order valence-corrected chi connectivity index (χ4v) is 2.42. The van der Waals surface area contributed by atoms with Gasteiger partial charge in [-0.15, -0.1) is 0 Å². The number of nitrogens with zero attached hydrogens (tertiary/aromatic N) is 2. The Bertz CT molecular complexity index is 631. The van der Waals surface area contributed by atoms with Crippen molar-refractivity contribution in [1.82, 2.24) is 9.97 Å². The van der Waals surface area contributed by atoms with E-state index in [-0.39, 0.29) is 0 Å². The summed E-state index contributed by atoms with van der Waals surface area (Å²) in [5.74, 6) is 2.57.